The van der Waals surface area contributed by atoms with Crippen molar-refractivity contribution < 1.29 is 0 Å². The van der Waals surface area contributed by atoms with Crippen LogP contribution in [0.25, 0.3) is 0 Å². The summed E-state index contributed by atoms with van der Waals surface area (Å²) in [6.45, 7) is 7.96. The second kappa shape index (κ2) is 4.05. The minimum Gasteiger partial charge on any atom is -0.335 e. The zero-order valence-corrected chi connectivity index (χ0v) is 12.3. The van der Waals surface area contributed by atoms with Crippen LogP contribution in [0.4, 0.5) is 5.95 Å². The molecule has 17 heavy (non-hydrogen) atoms. The van der Waals surface area contributed by atoms with Crippen LogP contribution < -0.4 is 10.2 Å². The van der Waals surface area contributed by atoms with Gasteiger partial charge in [0, 0.05) is 41.1 Å². The van der Waals surface area contributed by atoms with E-state index in [1.807, 2.05) is 12.4 Å². The van der Waals surface area contributed by atoms with Crippen LogP contribution >= 0.6 is 22.6 Å². The van der Waals surface area contributed by atoms with E-state index in [0.717, 1.165) is 35.1 Å². The molecule has 4 nitrogen and oxygen atoms in total. The lowest BCUT2D eigenvalue weighted by Gasteiger charge is -2.35. The molecule has 0 saturated carbocycles. The number of aromatic nitrogens is 2. The van der Waals surface area contributed by atoms with Crippen LogP contribution in [-0.4, -0.2) is 35.1 Å². The van der Waals surface area contributed by atoms with Crippen LogP contribution in [-0.2, 0) is 0 Å². The van der Waals surface area contributed by atoms with Crippen LogP contribution in [0.1, 0.15) is 13.8 Å². The quantitative estimate of drug-likeness (QED) is 0.785. The molecule has 3 heterocycles. The summed E-state index contributed by atoms with van der Waals surface area (Å²) in [4.78, 5) is 11.3. The molecule has 3 rings (SSSR count). The van der Waals surface area contributed by atoms with E-state index in [9.17, 15) is 0 Å². The Balaban J connectivity index is 1.91. The lowest BCUT2D eigenvalue weighted by Crippen LogP contribution is -2.45. The van der Waals surface area contributed by atoms with Crippen molar-refractivity contribution in [2.75, 3.05) is 24.5 Å². The van der Waals surface area contributed by atoms with E-state index in [2.05, 4.69) is 56.6 Å². The van der Waals surface area contributed by atoms with Gasteiger partial charge >= 0.3 is 0 Å². The average molecular weight is 344 g/mol. The third-order valence-electron chi connectivity index (χ3n) is 4.21. The molecule has 0 aliphatic carbocycles. The summed E-state index contributed by atoms with van der Waals surface area (Å²) < 4.78 is 1.09. The molecule has 0 spiro atoms. The van der Waals surface area contributed by atoms with Gasteiger partial charge in [-0.15, -0.1) is 0 Å². The summed E-state index contributed by atoms with van der Waals surface area (Å²) in [6, 6.07) is 0. The molecule has 1 aromatic rings. The number of hydrogen-bond acceptors (Lipinski definition) is 4. The third kappa shape index (κ3) is 1.83. The molecule has 2 saturated heterocycles. The summed E-state index contributed by atoms with van der Waals surface area (Å²) in [5.74, 6) is 2.34. The Morgan fingerprint density at radius 1 is 1.35 bits per heavy atom. The predicted molar refractivity (Wildman–Crippen MR) is 76.0 cm³/mol. The van der Waals surface area contributed by atoms with Crippen LogP contribution in [0.3, 0.4) is 0 Å². The van der Waals surface area contributed by atoms with Crippen molar-refractivity contribution in [2.24, 2.45) is 11.8 Å². The minimum absolute atomic E-state index is 0.154. The van der Waals surface area contributed by atoms with Gasteiger partial charge < -0.3 is 10.2 Å². The van der Waals surface area contributed by atoms with E-state index in [0.29, 0.717) is 5.92 Å². The molecule has 0 radical (unpaired) electrons. The Labute approximate surface area is 115 Å². The fraction of sp³-hybridized carbons (Fsp3) is 0.667. The lowest BCUT2D eigenvalue weighted by molar-refractivity contribution is 0.355. The van der Waals surface area contributed by atoms with Crippen molar-refractivity contribution in [1.29, 1.82) is 0 Å². The van der Waals surface area contributed by atoms with Crippen molar-refractivity contribution in [3.8, 4) is 0 Å². The van der Waals surface area contributed by atoms with Gasteiger partial charge in [-0.2, -0.15) is 0 Å². The maximum atomic E-state index is 4.47. The topological polar surface area (TPSA) is 41.0 Å². The first-order chi connectivity index (χ1) is 8.09. The first kappa shape index (κ1) is 11.6. The number of halogens is 1. The van der Waals surface area contributed by atoms with E-state index >= 15 is 0 Å². The second-order valence-electron chi connectivity index (χ2n) is 5.49. The molecule has 2 unspecified atom stereocenters. The Morgan fingerprint density at radius 2 is 2.06 bits per heavy atom. The van der Waals surface area contributed by atoms with Gasteiger partial charge in [0.2, 0.25) is 5.95 Å². The fourth-order valence-electron chi connectivity index (χ4n) is 3.21. The number of anilines is 1. The van der Waals surface area contributed by atoms with Gasteiger partial charge in [0.05, 0.1) is 0 Å². The molecular formula is C12H17IN4. The van der Waals surface area contributed by atoms with E-state index in [4.69, 9.17) is 0 Å². The van der Waals surface area contributed by atoms with E-state index in [1.54, 1.807) is 0 Å². The number of hydrogen-bond donors (Lipinski definition) is 1. The van der Waals surface area contributed by atoms with Gasteiger partial charge in [-0.25, -0.2) is 9.97 Å². The number of rotatable bonds is 1. The summed E-state index contributed by atoms with van der Waals surface area (Å²) in [7, 11) is 0. The highest BCUT2D eigenvalue weighted by Gasteiger charge is 2.50. The number of fused-ring (bicyclic) bond motifs is 1. The fourth-order valence-corrected chi connectivity index (χ4v) is 3.48. The average Bonchev–Trinajstić information content (AvgIpc) is 2.83. The van der Waals surface area contributed by atoms with Gasteiger partial charge in [0.15, 0.2) is 0 Å². The summed E-state index contributed by atoms with van der Waals surface area (Å²) in [5.41, 5.74) is 0.154. The number of nitrogens with one attached hydrogen (secondary N) is 1. The molecule has 0 bridgehead atoms. The molecule has 2 atom stereocenters. The molecule has 92 valence electrons. The highest BCUT2D eigenvalue weighted by Crippen LogP contribution is 2.41. The van der Waals surface area contributed by atoms with Crippen molar-refractivity contribution >= 4 is 28.5 Å². The Bertz CT molecular complexity index is 417. The van der Waals surface area contributed by atoms with Crippen LogP contribution in [0, 0.1) is 15.4 Å². The lowest BCUT2D eigenvalue weighted by atomic mass is 9.85. The Kier molecular flexibility index (Phi) is 2.77. The molecule has 0 amide bonds. The standard InChI is InChI=1S/C12H17IN4/c1-12(2)10-6-14-3-8(10)7-17(12)11-15-4-9(13)5-16-11/h4-5,8,10,14H,3,6-7H2,1-2H3. The monoisotopic (exact) mass is 344 g/mol. The number of nitrogens with zero attached hydrogens (tertiary/aromatic N) is 3. The minimum atomic E-state index is 0.154. The van der Waals surface area contributed by atoms with Gasteiger partial charge in [0.25, 0.3) is 0 Å². The molecule has 5 heteroatoms. The van der Waals surface area contributed by atoms with Crippen molar-refractivity contribution in [3.05, 3.63) is 16.0 Å². The van der Waals surface area contributed by atoms with Crippen molar-refractivity contribution in [3.63, 3.8) is 0 Å². The Hall–Kier alpha value is -0.430. The first-order valence-corrected chi connectivity index (χ1v) is 7.13. The third-order valence-corrected chi connectivity index (χ3v) is 4.77. The molecule has 2 fully saturated rings. The zero-order valence-electron chi connectivity index (χ0n) is 10.2. The van der Waals surface area contributed by atoms with Gasteiger partial charge in [-0.1, -0.05) is 0 Å². The van der Waals surface area contributed by atoms with Gasteiger partial charge in [-0.3, -0.25) is 0 Å². The summed E-state index contributed by atoms with van der Waals surface area (Å²) >= 11 is 2.24. The zero-order chi connectivity index (χ0) is 12.0. The first-order valence-electron chi connectivity index (χ1n) is 6.05. The van der Waals surface area contributed by atoms with E-state index < -0.39 is 0 Å². The normalized spacial score (nSPS) is 30.6. The molecule has 0 aromatic carbocycles. The van der Waals surface area contributed by atoms with E-state index in [-0.39, 0.29) is 5.54 Å². The smallest absolute Gasteiger partial charge is 0.225 e. The molecule has 2 aliphatic heterocycles. The highest BCUT2D eigenvalue weighted by atomic mass is 127. The van der Waals surface area contributed by atoms with E-state index in [1.165, 1.54) is 0 Å². The second-order valence-corrected chi connectivity index (χ2v) is 6.74. The van der Waals surface area contributed by atoms with Crippen LogP contribution in [0.5, 0.6) is 0 Å². The predicted octanol–water partition coefficient (Wildman–Crippen LogP) is 1.52. The maximum Gasteiger partial charge on any atom is 0.225 e. The highest BCUT2D eigenvalue weighted by molar-refractivity contribution is 14.1. The van der Waals surface area contributed by atoms with Crippen molar-refractivity contribution in [1.82, 2.24) is 15.3 Å². The van der Waals surface area contributed by atoms with Crippen molar-refractivity contribution in [2.45, 2.75) is 19.4 Å². The molecular weight excluding hydrogens is 327 g/mol. The molecule has 1 N–H and O–H groups in total. The van der Waals surface area contributed by atoms with Gasteiger partial charge in [0.1, 0.15) is 0 Å². The largest absolute Gasteiger partial charge is 0.335 e. The SMILES string of the molecule is CC1(C)C2CNCC2CN1c1ncc(I)cn1. The summed E-state index contributed by atoms with van der Waals surface area (Å²) in [5, 5.41) is 3.49. The maximum absolute atomic E-state index is 4.47. The molecule has 2 aliphatic rings. The molecule has 1 aromatic heterocycles. The van der Waals surface area contributed by atoms with Crippen LogP contribution in [0.2, 0.25) is 0 Å². The van der Waals surface area contributed by atoms with Crippen LogP contribution in [0.15, 0.2) is 12.4 Å². The summed E-state index contributed by atoms with van der Waals surface area (Å²) in [6.07, 6.45) is 3.79. The Morgan fingerprint density at radius 3 is 2.71 bits per heavy atom. The van der Waals surface area contributed by atoms with Gasteiger partial charge in [-0.05, 0) is 48.3 Å².